The van der Waals surface area contributed by atoms with Gasteiger partial charge in [0.15, 0.2) is 11.6 Å². The van der Waals surface area contributed by atoms with E-state index in [1.54, 1.807) is 18.2 Å². The Hall–Kier alpha value is -1.62. The lowest BCUT2D eigenvalue weighted by Gasteiger charge is -2.26. The predicted molar refractivity (Wildman–Crippen MR) is 75.6 cm³/mol. The third kappa shape index (κ3) is 4.70. The maximum atomic E-state index is 13.3. The number of carbonyl (C=O) groups excluding carboxylic acids is 1. The van der Waals surface area contributed by atoms with Gasteiger partial charge in [0.2, 0.25) is 0 Å². The summed E-state index contributed by atoms with van der Waals surface area (Å²) < 4.78 is 29.1. The molecule has 0 atom stereocenters. The summed E-state index contributed by atoms with van der Waals surface area (Å²) in [7, 11) is 1.42. The molecule has 1 aromatic rings. The Balaban J connectivity index is 1.62. The van der Waals surface area contributed by atoms with Crippen molar-refractivity contribution in [2.75, 3.05) is 20.3 Å². The fraction of sp³-hybridized carbons (Fsp3) is 0.562. The molecule has 0 aromatic heterocycles. The number of methoxy groups -OCH3 is 1. The summed E-state index contributed by atoms with van der Waals surface area (Å²) in [5.74, 6) is -0.243. The highest BCUT2D eigenvalue weighted by atomic mass is 19.1. The molecule has 2 rings (SSSR count). The first kappa shape index (κ1) is 15.8. The first-order chi connectivity index (χ1) is 10.2. The minimum absolute atomic E-state index is 0.00418. The molecule has 21 heavy (non-hydrogen) atoms. The van der Waals surface area contributed by atoms with Crippen LogP contribution in [0.3, 0.4) is 0 Å². The molecule has 0 spiro atoms. The van der Waals surface area contributed by atoms with Gasteiger partial charge in [0, 0.05) is 0 Å². The largest absolute Gasteiger partial charge is 0.488 e. The molecule has 1 aliphatic rings. The van der Waals surface area contributed by atoms with Gasteiger partial charge in [-0.3, -0.25) is 4.79 Å². The van der Waals surface area contributed by atoms with E-state index < -0.39 is 0 Å². The van der Waals surface area contributed by atoms with Gasteiger partial charge in [-0.1, -0.05) is 12.1 Å². The SMILES string of the molecule is COC(=O)C1CCC(OCCOc2ccccc2F)CC1. The summed E-state index contributed by atoms with van der Waals surface area (Å²) in [6.07, 6.45) is 3.44. The summed E-state index contributed by atoms with van der Waals surface area (Å²) in [6, 6.07) is 6.31. The van der Waals surface area contributed by atoms with Crippen LogP contribution in [0.1, 0.15) is 25.7 Å². The Morgan fingerprint density at radius 1 is 1.19 bits per heavy atom. The lowest BCUT2D eigenvalue weighted by Crippen LogP contribution is -2.28. The number of esters is 1. The fourth-order valence-corrected chi connectivity index (χ4v) is 2.56. The topological polar surface area (TPSA) is 44.8 Å². The van der Waals surface area contributed by atoms with Crippen molar-refractivity contribution in [2.24, 2.45) is 5.92 Å². The van der Waals surface area contributed by atoms with Crippen LogP contribution in [0, 0.1) is 11.7 Å². The molecule has 4 nitrogen and oxygen atoms in total. The predicted octanol–water partition coefficient (Wildman–Crippen LogP) is 2.95. The van der Waals surface area contributed by atoms with Gasteiger partial charge in [-0.2, -0.15) is 0 Å². The Bertz CT molecular complexity index is 455. The number of halogens is 1. The van der Waals surface area contributed by atoms with Gasteiger partial charge in [0.05, 0.1) is 25.7 Å². The van der Waals surface area contributed by atoms with E-state index in [0.29, 0.717) is 13.2 Å². The monoisotopic (exact) mass is 296 g/mol. The molecule has 1 fully saturated rings. The maximum Gasteiger partial charge on any atom is 0.308 e. The van der Waals surface area contributed by atoms with Crippen LogP contribution in [0.25, 0.3) is 0 Å². The van der Waals surface area contributed by atoms with E-state index in [4.69, 9.17) is 14.2 Å². The van der Waals surface area contributed by atoms with Crippen molar-refractivity contribution in [3.8, 4) is 5.75 Å². The number of ether oxygens (including phenoxy) is 3. The zero-order valence-corrected chi connectivity index (χ0v) is 12.2. The highest BCUT2D eigenvalue weighted by Gasteiger charge is 2.27. The molecule has 0 aliphatic heterocycles. The summed E-state index contributed by atoms with van der Waals surface area (Å²) in [6.45, 7) is 0.736. The van der Waals surface area contributed by atoms with Gasteiger partial charge in [-0.25, -0.2) is 4.39 Å². The first-order valence-corrected chi connectivity index (χ1v) is 7.27. The average molecular weight is 296 g/mol. The van der Waals surface area contributed by atoms with Crippen LogP contribution in [0.2, 0.25) is 0 Å². The molecule has 1 aliphatic carbocycles. The Morgan fingerprint density at radius 3 is 2.57 bits per heavy atom. The van der Waals surface area contributed by atoms with E-state index >= 15 is 0 Å². The second-order valence-electron chi connectivity index (χ2n) is 5.15. The number of rotatable bonds is 6. The van der Waals surface area contributed by atoms with Crippen molar-refractivity contribution in [1.82, 2.24) is 0 Å². The van der Waals surface area contributed by atoms with E-state index in [1.807, 2.05) is 0 Å². The molecule has 0 saturated heterocycles. The Kier molecular flexibility index (Phi) is 5.99. The van der Waals surface area contributed by atoms with Gasteiger partial charge in [0.25, 0.3) is 0 Å². The number of para-hydroxylation sites is 1. The van der Waals surface area contributed by atoms with Crippen molar-refractivity contribution in [2.45, 2.75) is 31.8 Å². The number of hydrogen-bond donors (Lipinski definition) is 0. The van der Waals surface area contributed by atoms with E-state index in [1.165, 1.54) is 13.2 Å². The minimum atomic E-state index is -0.365. The van der Waals surface area contributed by atoms with Crippen molar-refractivity contribution in [1.29, 1.82) is 0 Å². The smallest absolute Gasteiger partial charge is 0.308 e. The standard InChI is InChI=1S/C16H21FO4/c1-19-16(18)12-6-8-13(9-7-12)20-10-11-21-15-5-3-2-4-14(15)17/h2-5,12-13H,6-11H2,1H3. The molecule has 1 saturated carbocycles. The van der Waals surface area contributed by atoms with Gasteiger partial charge in [-0.15, -0.1) is 0 Å². The third-order valence-electron chi connectivity index (χ3n) is 3.74. The van der Waals surface area contributed by atoms with E-state index in [0.717, 1.165) is 25.7 Å². The summed E-state index contributed by atoms with van der Waals surface area (Å²) >= 11 is 0. The van der Waals surface area contributed by atoms with Gasteiger partial charge < -0.3 is 14.2 Å². The van der Waals surface area contributed by atoms with Crippen molar-refractivity contribution < 1.29 is 23.4 Å². The van der Waals surface area contributed by atoms with E-state index in [9.17, 15) is 9.18 Å². The highest BCUT2D eigenvalue weighted by Crippen LogP contribution is 2.27. The second kappa shape index (κ2) is 7.98. The molecular weight excluding hydrogens is 275 g/mol. The summed E-state index contributed by atoms with van der Waals surface area (Å²) in [5, 5.41) is 0. The van der Waals surface area contributed by atoms with Gasteiger partial charge in [0.1, 0.15) is 6.61 Å². The summed E-state index contributed by atoms with van der Waals surface area (Å²) in [4.78, 5) is 11.4. The average Bonchev–Trinajstić information content (AvgIpc) is 2.53. The second-order valence-corrected chi connectivity index (χ2v) is 5.15. The first-order valence-electron chi connectivity index (χ1n) is 7.27. The summed E-state index contributed by atoms with van der Waals surface area (Å²) in [5.41, 5.74) is 0. The Labute approximate surface area is 124 Å². The Morgan fingerprint density at radius 2 is 1.90 bits per heavy atom. The van der Waals surface area contributed by atoms with Gasteiger partial charge >= 0.3 is 5.97 Å². The van der Waals surface area contributed by atoms with Crippen LogP contribution >= 0.6 is 0 Å². The molecule has 0 unspecified atom stereocenters. The number of benzene rings is 1. The lowest BCUT2D eigenvalue weighted by molar-refractivity contribution is -0.147. The maximum absolute atomic E-state index is 13.3. The highest BCUT2D eigenvalue weighted by molar-refractivity contribution is 5.72. The van der Waals surface area contributed by atoms with Crippen LogP contribution < -0.4 is 4.74 Å². The minimum Gasteiger partial charge on any atom is -0.488 e. The number of carbonyl (C=O) groups is 1. The normalized spacial score (nSPS) is 21.8. The molecule has 1 aromatic carbocycles. The molecule has 116 valence electrons. The lowest BCUT2D eigenvalue weighted by atomic mass is 9.87. The number of hydrogen-bond acceptors (Lipinski definition) is 4. The van der Waals surface area contributed by atoms with E-state index in [-0.39, 0.29) is 29.6 Å². The van der Waals surface area contributed by atoms with Gasteiger partial charge in [-0.05, 0) is 37.8 Å². The molecule has 0 radical (unpaired) electrons. The molecule has 0 bridgehead atoms. The molecule has 0 amide bonds. The van der Waals surface area contributed by atoms with E-state index in [2.05, 4.69) is 0 Å². The van der Waals surface area contributed by atoms with Crippen molar-refractivity contribution >= 4 is 5.97 Å². The molecule has 0 N–H and O–H groups in total. The van der Waals surface area contributed by atoms with Crippen LogP contribution in [0.5, 0.6) is 5.75 Å². The fourth-order valence-electron chi connectivity index (χ4n) is 2.56. The van der Waals surface area contributed by atoms with Crippen LogP contribution in [-0.4, -0.2) is 32.4 Å². The van der Waals surface area contributed by atoms with Crippen molar-refractivity contribution in [3.63, 3.8) is 0 Å². The van der Waals surface area contributed by atoms with Crippen LogP contribution in [-0.2, 0) is 14.3 Å². The molecule has 0 heterocycles. The third-order valence-corrected chi connectivity index (χ3v) is 3.74. The van der Waals surface area contributed by atoms with Crippen molar-refractivity contribution in [3.05, 3.63) is 30.1 Å². The molecule has 5 heteroatoms. The van der Waals surface area contributed by atoms with Crippen LogP contribution in [0.4, 0.5) is 4.39 Å². The quantitative estimate of drug-likeness (QED) is 0.598. The zero-order chi connectivity index (χ0) is 15.1. The van der Waals surface area contributed by atoms with Crippen LogP contribution in [0.15, 0.2) is 24.3 Å². The zero-order valence-electron chi connectivity index (χ0n) is 12.2. The molecular formula is C16H21FO4.